The average molecular weight is 222 g/mol. The molecule has 1 saturated heterocycles. The lowest BCUT2D eigenvalue weighted by atomic mass is 9.75. The molecule has 90 valence electrons. The molecule has 3 nitrogen and oxygen atoms in total. The minimum Gasteiger partial charge on any atom is -0.342 e. The lowest BCUT2D eigenvalue weighted by Gasteiger charge is -2.38. The van der Waals surface area contributed by atoms with Gasteiger partial charge in [-0.15, -0.1) is 0 Å². The fourth-order valence-corrected chi connectivity index (χ4v) is 3.66. The predicted molar refractivity (Wildman–Crippen MR) is 62.8 cm³/mol. The quantitative estimate of drug-likeness (QED) is 0.770. The second kappa shape index (κ2) is 3.73. The highest BCUT2D eigenvalue weighted by Gasteiger charge is 2.41. The average Bonchev–Trinajstić information content (AvgIpc) is 2.73. The molecule has 1 heterocycles. The van der Waals surface area contributed by atoms with Crippen molar-refractivity contribution in [2.45, 2.75) is 50.5 Å². The van der Waals surface area contributed by atoms with Crippen molar-refractivity contribution in [3.05, 3.63) is 0 Å². The van der Waals surface area contributed by atoms with E-state index in [1.165, 1.54) is 25.7 Å². The van der Waals surface area contributed by atoms with Crippen LogP contribution in [0.1, 0.15) is 44.9 Å². The molecule has 3 heteroatoms. The SMILES string of the molecule is NC1(CC(=O)N2CC3CCCC3C2)CCC1. The van der Waals surface area contributed by atoms with Crippen molar-refractivity contribution in [3.8, 4) is 0 Å². The number of rotatable bonds is 2. The third-order valence-electron chi connectivity index (χ3n) is 4.93. The number of amides is 1. The molecule has 1 aliphatic heterocycles. The maximum absolute atomic E-state index is 12.1. The molecule has 0 aromatic carbocycles. The van der Waals surface area contributed by atoms with Gasteiger partial charge >= 0.3 is 0 Å². The summed E-state index contributed by atoms with van der Waals surface area (Å²) in [5.41, 5.74) is 6.00. The maximum Gasteiger partial charge on any atom is 0.224 e. The summed E-state index contributed by atoms with van der Waals surface area (Å²) in [6.45, 7) is 2.03. The van der Waals surface area contributed by atoms with E-state index in [-0.39, 0.29) is 5.54 Å². The van der Waals surface area contributed by atoms with Gasteiger partial charge in [0.1, 0.15) is 0 Å². The first kappa shape index (κ1) is 10.6. The second-order valence-electron chi connectivity index (χ2n) is 6.14. The highest BCUT2D eigenvalue weighted by Crippen LogP contribution is 2.39. The molecule has 0 spiro atoms. The van der Waals surface area contributed by atoms with Crippen LogP contribution in [0.4, 0.5) is 0 Å². The molecule has 0 bridgehead atoms. The van der Waals surface area contributed by atoms with Gasteiger partial charge in [-0.1, -0.05) is 6.42 Å². The normalized spacial score (nSPS) is 35.9. The van der Waals surface area contributed by atoms with Crippen LogP contribution >= 0.6 is 0 Å². The molecule has 3 aliphatic rings. The van der Waals surface area contributed by atoms with Gasteiger partial charge in [-0.3, -0.25) is 4.79 Å². The van der Waals surface area contributed by atoms with Crippen LogP contribution in [0.5, 0.6) is 0 Å². The number of hydrogen-bond donors (Lipinski definition) is 1. The third kappa shape index (κ3) is 1.75. The minimum absolute atomic E-state index is 0.144. The summed E-state index contributed by atoms with van der Waals surface area (Å²) in [5, 5.41) is 0. The monoisotopic (exact) mass is 222 g/mol. The van der Waals surface area contributed by atoms with Crippen molar-refractivity contribution >= 4 is 5.91 Å². The molecular weight excluding hydrogens is 200 g/mol. The van der Waals surface area contributed by atoms with Crippen LogP contribution in [0.2, 0.25) is 0 Å². The van der Waals surface area contributed by atoms with Crippen LogP contribution in [0.25, 0.3) is 0 Å². The van der Waals surface area contributed by atoms with Gasteiger partial charge in [0.25, 0.3) is 0 Å². The maximum atomic E-state index is 12.1. The number of likely N-dealkylation sites (tertiary alicyclic amines) is 1. The Balaban J connectivity index is 1.56. The number of carbonyl (C=O) groups is 1. The van der Waals surface area contributed by atoms with Crippen molar-refractivity contribution in [2.24, 2.45) is 17.6 Å². The highest BCUT2D eigenvalue weighted by molar-refractivity contribution is 5.78. The van der Waals surface area contributed by atoms with Crippen LogP contribution in [0, 0.1) is 11.8 Å². The Bertz CT molecular complexity index is 286. The molecular formula is C13H22N2O. The number of carbonyl (C=O) groups excluding carboxylic acids is 1. The van der Waals surface area contributed by atoms with E-state index in [4.69, 9.17) is 5.73 Å². The predicted octanol–water partition coefficient (Wildman–Crippen LogP) is 1.52. The van der Waals surface area contributed by atoms with E-state index >= 15 is 0 Å². The van der Waals surface area contributed by atoms with Gasteiger partial charge in [0.2, 0.25) is 5.91 Å². The highest BCUT2D eigenvalue weighted by atomic mass is 16.2. The molecule has 3 fully saturated rings. The second-order valence-corrected chi connectivity index (χ2v) is 6.14. The molecule has 2 atom stereocenters. The zero-order valence-corrected chi connectivity index (χ0v) is 9.95. The van der Waals surface area contributed by atoms with E-state index in [1.807, 2.05) is 0 Å². The van der Waals surface area contributed by atoms with E-state index in [0.29, 0.717) is 12.3 Å². The lowest BCUT2D eigenvalue weighted by Crippen LogP contribution is -2.50. The summed E-state index contributed by atoms with van der Waals surface area (Å²) in [6, 6.07) is 0. The Hall–Kier alpha value is -0.570. The molecule has 16 heavy (non-hydrogen) atoms. The largest absolute Gasteiger partial charge is 0.342 e. The Morgan fingerprint density at radius 1 is 1.19 bits per heavy atom. The molecule has 3 rings (SSSR count). The summed E-state index contributed by atoms with van der Waals surface area (Å²) >= 11 is 0. The van der Waals surface area contributed by atoms with Gasteiger partial charge in [-0.25, -0.2) is 0 Å². The first-order valence-corrected chi connectivity index (χ1v) is 6.73. The Labute approximate surface area is 97.4 Å². The van der Waals surface area contributed by atoms with Gasteiger partial charge in [-0.2, -0.15) is 0 Å². The number of hydrogen-bond acceptors (Lipinski definition) is 2. The molecule has 0 aromatic rings. The third-order valence-corrected chi connectivity index (χ3v) is 4.93. The molecule has 0 aromatic heterocycles. The first-order chi connectivity index (χ1) is 7.66. The van der Waals surface area contributed by atoms with Crippen LogP contribution in [-0.4, -0.2) is 29.4 Å². The molecule has 2 N–H and O–H groups in total. The van der Waals surface area contributed by atoms with Gasteiger partial charge in [0, 0.05) is 25.0 Å². The zero-order valence-electron chi connectivity index (χ0n) is 9.95. The minimum atomic E-state index is -0.144. The Morgan fingerprint density at radius 3 is 2.31 bits per heavy atom. The summed E-state index contributed by atoms with van der Waals surface area (Å²) in [7, 11) is 0. The van der Waals surface area contributed by atoms with Crippen LogP contribution < -0.4 is 5.73 Å². The molecule has 2 unspecified atom stereocenters. The van der Waals surface area contributed by atoms with E-state index in [2.05, 4.69) is 4.90 Å². The number of fused-ring (bicyclic) bond motifs is 1. The number of nitrogens with two attached hydrogens (primary N) is 1. The zero-order chi connectivity index (χ0) is 11.2. The summed E-state index contributed by atoms with van der Waals surface area (Å²) in [4.78, 5) is 14.2. The standard InChI is InChI=1S/C13H22N2O/c14-13(5-2-6-13)7-12(16)15-8-10-3-1-4-11(10)9-15/h10-11H,1-9,14H2. The summed E-state index contributed by atoms with van der Waals surface area (Å²) in [5.74, 6) is 1.93. The Morgan fingerprint density at radius 2 is 1.81 bits per heavy atom. The molecule has 2 aliphatic carbocycles. The fraction of sp³-hybridized carbons (Fsp3) is 0.923. The van der Waals surface area contributed by atoms with Gasteiger partial charge in [-0.05, 0) is 43.9 Å². The van der Waals surface area contributed by atoms with Crippen molar-refractivity contribution in [1.82, 2.24) is 4.90 Å². The smallest absolute Gasteiger partial charge is 0.224 e. The molecule has 2 saturated carbocycles. The molecule has 0 radical (unpaired) electrons. The van der Waals surface area contributed by atoms with E-state index in [1.54, 1.807) is 0 Å². The van der Waals surface area contributed by atoms with Crippen molar-refractivity contribution in [3.63, 3.8) is 0 Å². The summed E-state index contributed by atoms with van der Waals surface area (Å²) < 4.78 is 0. The summed E-state index contributed by atoms with van der Waals surface area (Å²) in [6.07, 6.45) is 7.92. The first-order valence-electron chi connectivity index (χ1n) is 6.73. The van der Waals surface area contributed by atoms with Gasteiger partial charge in [0.15, 0.2) is 0 Å². The fourth-order valence-electron chi connectivity index (χ4n) is 3.66. The van der Waals surface area contributed by atoms with E-state index < -0.39 is 0 Å². The van der Waals surface area contributed by atoms with E-state index in [9.17, 15) is 4.79 Å². The lowest BCUT2D eigenvalue weighted by molar-refractivity contribution is -0.132. The van der Waals surface area contributed by atoms with Crippen molar-refractivity contribution in [2.75, 3.05) is 13.1 Å². The van der Waals surface area contributed by atoms with Crippen LogP contribution in [0.3, 0.4) is 0 Å². The van der Waals surface area contributed by atoms with Crippen LogP contribution in [-0.2, 0) is 4.79 Å². The van der Waals surface area contributed by atoms with Gasteiger partial charge in [0.05, 0.1) is 0 Å². The van der Waals surface area contributed by atoms with Gasteiger partial charge < -0.3 is 10.6 Å². The van der Waals surface area contributed by atoms with Crippen molar-refractivity contribution in [1.29, 1.82) is 0 Å². The van der Waals surface area contributed by atoms with Crippen molar-refractivity contribution < 1.29 is 4.79 Å². The van der Waals surface area contributed by atoms with E-state index in [0.717, 1.165) is 37.8 Å². The Kier molecular flexibility index (Phi) is 2.46. The molecule has 1 amide bonds. The number of nitrogens with zero attached hydrogens (tertiary/aromatic N) is 1. The van der Waals surface area contributed by atoms with Crippen LogP contribution in [0.15, 0.2) is 0 Å². The topological polar surface area (TPSA) is 46.3 Å².